The van der Waals surface area contributed by atoms with Crippen molar-refractivity contribution in [3.63, 3.8) is 0 Å². The summed E-state index contributed by atoms with van der Waals surface area (Å²) in [7, 11) is 0. The molecule has 1 unspecified atom stereocenters. The highest BCUT2D eigenvalue weighted by atomic mass is 16.7. The molecule has 0 aliphatic carbocycles. The maximum atomic E-state index is 10.8. The van der Waals surface area contributed by atoms with Gasteiger partial charge in [-0.25, -0.2) is 4.79 Å². The zero-order valence-electron chi connectivity index (χ0n) is 17.8. The van der Waals surface area contributed by atoms with Crippen molar-refractivity contribution in [3.8, 4) is 0 Å². The van der Waals surface area contributed by atoms with Crippen LogP contribution in [0.1, 0.15) is 136 Å². The summed E-state index contributed by atoms with van der Waals surface area (Å²) in [6.07, 6.45) is 22.9. The maximum absolute atomic E-state index is 10.8. The van der Waals surface area contributed by atoms with E-state index in [4.69, 9.17) is 9.84 Å². The average Bonchev–Trinajstić information content (AvgIpc) is 2.61. The van der Waals surface area contributed by atoms with Crippen molar-refractivity contribution in [1.82, 2.24) is 0 Å². The average molecular weight is 371 g/mol. The van der Waals surface area contributed by atoms with E-state index in [1.54, 1.807) is 0 Å². The monoisotopic (exact) mass is 370 g/mol. The molecule has 1 atom stereocenters. The second-order valence-corrected chi connectivity index (χ2v) is 7.89. The van der Waals surface area contributed by atoms with Crippen molar-refractivity contribution in [2.24, 2.45) is 0 Å². The molecule has 0 aliphatic rings. The van der Waals surface area contributed by atoms with E-state index in [-0.39, 0.29) is 6.10 Å². The van der Waals surface area contributed by atoms with Crippen molar-refractivity contribution >= 4 is 6.16 Å². The lowest BCUT2D eigenvalue weighted by Gasteiger charge is -2.15. The van der Waals surface area contributed by atoms with Gasteiger partial charge in [0.05, 0.1) is 0 Å². The van der Waals surface area contributed by atoms with Crippen molar-refractivity contribution in [2.45, 2.75) is 142 Å². The van der Waals surface area contributed by atoms with Gasteiger partial charge in [0.2, 0.25) is 0 Å². The van der Waals surface area contributed by atoms with E-state index in [0.29, 0.717) is 0 Å². The molecule has 0 amide bonds. The molecule has 0 aliphatic heterocycles. The fourth-order valence-electron chi connectivity index (χ4n) is 3.59. The zero-order chi connectivity index (χ0) is 19.3. The van der Waals surface area contributed by atoms with Crippen LogP contribution < -0.4 is 0 Å². The Bertz CT molecular complexity index is 291. The molecule has 0 fully saturated rings. The molecule has 0 aromatic heterocycles. The number of hydrogen-bond acceptors (Lipinski definition) is 2. The van der Waals surface area contributed by atoms with Crippen LogP contribution in [0.3, 0.4) is 0 Å². The molecule has 0 heterocycles. The maximum Gasteiger partial charge on any atom is 0.506 e. The Morgan fingerprint density at radius 1 is 0.615 bits per heavy atom. The standard InChI is InChI=1S/C23H46O3/c1-3-5-7-8-9-10-11-12-13-14-15-16-17-19-21-22(26-23(24)25)20-18-6-4-2/h22H,3-21H2,1-2H3,(H,24,25). The fourth-order valence-corrected chi connectivity index (χ4v) is 3.59. The van der Waals surface area contributed by atoms with E-state index in [2.05, 4.69) is 13.8 Å². The van der Waals surface area contributed by atoms with Gasteiger partial charge in [0, 0.05) is 0 Å². The van der Waals surface area contributed by atoms with Gasteiger partial charge in [-0.2, -0.15) is 0 Å². The first-order valence-corrected chi connectivity index (χ1v) is 11.6. The highest BCUT2D eigenvalue weighted by Gasteiger charge is 2.12. The molecule has 0 aromatic carbocycles. The largest absolute Gasteiger partial charge is 0.506 e. The van der Waals surface area contributed by atoms with E-state index in [9.17, 15) is 4.79 Å². The molecule has 0 aromatic rings. The third kappa shape index (κ3) is 19.6. The lowest BCUT2D eigenvalue weighted by atomic mass is 10.0. The Balaban J connectivity index is 3.37. The molecule has 26 heavy (non-hydrogen) atoms. The number of hydrogen-bond donors (Lipinski definition) is 1. The van der Waals surface area contributed by atoms with Crippen LogP contribution in [-0.2, 0) is 4.74 Å². The molecular formula is C23H46O3. The lowest BCUT2D eigenvalue weighted by molar-refractivity contribution is 0.0423. The summed E-state index contributed by atoms with van der Waals surface area (Å²) in [6.45, 7) is 4.44. The normalized spacial score (nSPS) is 12.2. The Labute approximate surface area is 163 Å². The summed E-state index contributed by atoms with van der Waals surface area (Å²) < 4.78 is 5.03. The van der Waals surface area contributed by atoms with Crippen LogP contribution >= 0.6 is 0 Å². The summed E-state index contributed by atoms with van der Waals surface area (Å²) in [4.78, 5) is 10.8. The van der Waals surface area contributed by atoms with Gasteiger partial charge in [0.25, 0.3) is 0 Å². The predicted molar refractivity (Wildman–Crippen MR) is 112 cm³/mol. The summed E-state index contributed by atoms with van der Waals surface area (Å²) in [5.41, 5.74) is 0. The molecule has 0 spiro atoms. The van der Waals surface area contributed by atoms with Crippen LogP contribution in [0.25, 0.3) is 0 Å². The number of rotatable bonds is 20. The third-order valence-corrected chi connectivity index (χ3v) is 5.28. The van der Waals surface area contributed by atoms with Crippen LogP contribution in [-0.4, -0.2) is 17.4 Å². The molecule has 0 radical (unpaired) electrons. The minimum Gasteiger partial charge on any atom is -0.450 e. The van der Waals surface area contributed by atoms with E-state index < -0.39 is 6.16 Å². The number of unbranched alkanes of at least 4 members (excludes halogenated alkanes) is 15. The summed E-state index contributed by atoms with van der Waals surface area (Å²) in [5, 5.41) is 8.83. The smallest absolute Gasteiger partial charge is 0.450 e. The van der Waals surface area contributed by atoms with E-state index in [0.717, 1.165) is 32.1 Å². The SMILES string of the molecule is CCCCCCCCCCCCCCCCC(CCCCC)OC(=O)O. The van der Waals surface area contributed by atoms with Crippen molar-refractivity contribution < 1.29 is 14.6 Å². The van der Waals surface area contributed by atoms with Gasteiger partial charge in [-0.15, -0.1) is 0 Å². The molecule has 0 rings (SSSR count). The van der Waals surface area contributed by atoms with Gasteiger partial charge in [-0.1, -0.05) is 110 Å². The van der Waals surface area contributed by atoms with Crippen LogP contribution in [0.2, 0.25) is 0 Å². The van der Waals surface area contributed by atoms with Crippen molar-refractivity contribution in [2.75, 3.05) is 0 Å². The molecule has 3 nitrogen and oxygen atoms in total. The predicted octanol–water partition coefficient (Wildman–Crippen LogP) is 8.50. The number of carbonyl (C=O) groups is 1. The quantitative estimate of drug-likeness (QED) is 0.172. The molecule has 1 N–H and O–H groups in total. The fraction of sp³-hybridized carbons (Fsp3) is 0.957. The minimum absolute atomic E-state index is 0.0867. The first kappa shape index (κ1) is 25.3. The molecule has 0 bridgehead atoms. The third-order valence-electron chi connectivity index (χ3n) is 5.28. The molecule has 0 saturated heterocycles. The lowest BCUT2D eigenvalue weighted by Crippen LogP contribution is -2.16. The van der Waals surface area contributed by atoms with Gasteiger partial charge in [0.15, 0.2) is 0 Å². The van der Waals surface area contributed by atoms with Crippen LogP contribution in [0, 0.1) is 0 Å². The van der Waals surface area contributed by atoms with Crippen LogP contribution in [0.5, 0.6) is 0 Å². The summed E-state index contributed by atoms with van der Waals surface area (Å²) in [6, 6.07) is 0. The summed E-state index contributed by atoms with van der Waals surface area (Å²) in [5.74, 6) is 0. The van der Waals surface area contributed by atoms with Gasteiger partial charge in [-0.3, -0.25) is 0 Å². The summed E-state index contributed by atoms with van der Waals surface area (Å²) >= 11 is 0. The highest BCUT2D eigenvalue weighted by Crippen LogP contribution is 2.17. The van der Waals surface area contributed by atoms with Gasteiger partial charge in [-0.05, 0) is 25.7 Å². The molecule has 3 heteroatoms. The Hall–Kier alpha value is -0.730. The molecule has 0 saturated carbocycles. The second kappa shape index (κ2) is 20.6. The highest BCUT2D eigenvalue weighted by molar-refractivity contribution is 5.57. The first-order chi connectivity index (χ1) is 12.7. The van der Waals surface area contributed by atoms with Gasteiger partial charge >= 0.3 is 6.16 Å². The van der Waals surface area contributed by atoms with E-state index in [1.807, 2.05) is 0 Å². The van der Waals surface area contributed by atoms with Crippen molar-refractivity contribution in [3.05, 3.63) is 0 Å². The topological polar surface area (TPSA) is 46.5 Å². The van der Waals surface area contributed by atoms with Crippen LogP contribution in [0.15, 0.2) is 0 Å². The minimum atomic E-state index is -1.11. The van der Waals surface area contributed by atoms with E-state index in [1.165, 1.54) is 89.9 Å². The molecular weight excluding hydrogens is 324 g/mol. The Kier molecular flexibility index (Phi) is 20.0. The van der Waals surface area contributed by atoms with Crippen LogP contribution in [0.4, 0.5) is 4.79 Å². The number of ether oxygens (including phenoxy) is 1. The Morgan fingerprint density at radius 3 is 1.31 bits per heavy atom. The van der Waals surface area contributed by atoms with Crippen molar-refractivity contribution in [1.29, 1.82) is 0 Å². The van der Waals surface area contributed by atoms with E-state index >= 15 is 0 Å². The molecule has 156 valence electrons. The van der Waals surface area contributed by atoms with Gasteiger partial charge < -0.3 is 9.84 Å². The van der Waals surface area contributed by atoms with Gasteiger partial charge in [0.1, 0.15) is 6.10 Å². The number of carboxylic acid groups (broad SMARTS) is 1. The first-order valence-electron chi connectivity index (χ1n) is 11.6. The second-order valence-electron chi connectivity index (χ2n) is 7.89. The zero-order valence-corrected chi connectivity index (χ0v) is 17.8. The Morgan fingerprint density at radius 2 is 0.923 bits per heavy atom.